The normalized spacial score (nSPS) is 23.6. The number of β-amino-alcohol motifs (C(OH)–C–C–N with tert-alkyl or cyclic N) is 1. The minimum atomic E-state index is -0.798. The van der Waals surface area contributed by atoms with Gasteiger partial charge in [-0.3, -0.25) is 9.59 Å². The van der Waals surface area contributed by atoms with Crippen LogP contribution in [0, 0.1) is 0 Å². The van der Waals surface area contributed by atoms with Gasteiger partial charge in [-0.05, 0) is 51.2 Å². The number of carbonyl (C=O) groups excluding carboxylic acids is 2. The first-order valence-corrected chi connectivity index (χ1v) is 11.0. The van der Waals surface area contributed by atoms with Gasteiger partial charge >= 0.3 is 0 Å². The molecule has 2 amide bonds. The minimum absolute atomic E-state index is 0.0155. The summed E-state index contributed by atoms with van der Waals surface area (Å²) in [5, 5.41) is 14.2. The van der Waals surface area contributed by atoms with Crippen molar-refractivity contribution in [3.63, 3.8) is 0 Å². The molecule has 1 unspecified atom stereocenters. The van der Waals surface area contributed by atoms with Gasteiger partial charge in [-0.1, -0.05) is 0 Å². The van der Waals surface area contributed by atoms with Crippen molar-refractivity contribution in [3.05, 3.63) is 23.9 Å². The van der Waals surface area contributed by atoms with Gasteiger partial charge in [-0.2, -0.15) is 0 Å². The van der Waals surface area contributed by atoms with Crippen molar-refractivity contribution in [1.29, 1.82) is 0 Å². The van der Waals surface area contributed by atoms with Crippen molar-refractivity contribution in [2.75, 3.05) is 39.3 Å². The van der Waals surface area contributed by atoms with Crippen LogP contribution in [0.4, 0.5) is 0 Å². The van der Waals surface area contributed by atoms with Crippen molar-refractivity contribution in [2.45, 2.75) is 57.6 Å². The van der Waals surface area contributed by atoms with Gasteiger partial charge in [0.1, 0.15) is 5.56 Å². The van der Waals surface area contributed by atoms with Crippen molar-refractivity contribution >= 4 is 11.8 Å². The Bertz CT molecular complexity index is 736. The SMILES string of the molecule is CCOc1ncccc1C(=O)N1CCCC(O)(CN2CCC(NC(C)=O)CC2)CC1. The van der Waals surface area contributed by atoms with Crippen LogP contribution in [0.1, 0.15) is 56.3 Å². The maximum Gasteiger partial charge on any atom is 0.259 e. The molecule has 2 aliphatic rings. The summed E-state index contributed by atoms with van der Waals surface area (Å²) < 4.78 is 5.51. The number of likely N-dealkylation sites (tertiary alicyclic amines) is 2. The Morgan fingerprint density at radius 3 is 2.73 bits per heavy atom. The number of rotatable bonds is 6. The van der Waals surface area contributed by atoms with Gasteiger partial charge in [-0.15, -0.1) is 0 Å². The highest BCUT2D eigenvalue weighted by Crippen LogP contribution is 2.27. The molecule has 1 atom stereocenters. The number of aliphatic hydroxyl groups is 1. The highest BCUT2D eigenvalue weighted by molar-refractivity contribution is 5.96. The number of aromatic nitrogens is 1. The summed E-state index contributed by atoms with van der Waals surface area (Å²) in [6, 6.07) is 3.72. The van der Waals surface area contributed by atoms with E-state index in [0.29, 0.717) is 50.5 Å². The zero-order valence-electron chi connectivity index (χ0n) is 18.1. The third kappa shape index (κ3) is 5.92. The van der Waals surface area contributed by atoms with E-state index >= 15 is 0 Å². The number of pyridine rings is 1. The van der Waals surface area contributed by atoms with Crippen molar-refractivity contribution < 1.29 is 19.4 Å². The summed E-state index contributed by atoms with van der Waals surface area (Å²) in [7, 11) is 0. The molecule has 2 saturated heterocycles. The van der Waals surface area contributed by atoms with Crippen molar-refractivity contribution in [1.82, 2.24) is 20.1 Å². The van der Waals surface area contributed by atoms with Crippen LogP contribution in [0.2, 0.25) is 0 Å². The fourth-order valence-corrected chi connectivity index (χ4v) is 4.45. The smallest absolute Gasteiger partial charge is 0.259 e. The molecule has 3 heterocycles. The van der Waals surface area contributed by atoms with Gasteiger partial charge in [0.2, 0.25) is 11.8 Å². The number of nitrogens with one attached hydrogen (secondary N) is 1. The lowest BCUT2D eigenvalue weighted by Gasteiger charge is -2.38. The monoisotopic (exact) mass is 418 g/mol. The third-order valence-electron chi connectivity index (χ3n) is 6.00. The van der Waals surface area contributed by atoms with E-state index in [9.17, 15) is 14.7 Å². The van der Waals surface area contributed by atoms with E-state index in [1.54, 1.807) is 30.2 Å². The molecule has 8 heteroatoms. The van der Waals surface area contributed by atoms with E-state index in [-0.39, 0.29) is 17.9 Å². The van der Waals surface area contributed by atoms with E-state index in [4.69, 9.17) is 4.74 Å². The zero-order chi connectivity index (χ0) is 21.6. The second-order valence-corrected chi connectivity index (χ2v) is 8.41. The summed E-state index contributed by atoms with van der Waals surface area (Å²) in [6.45, 7) is 7.34. The summed E-state index contributed by atoms with van der Waals surface area (Å²) >= 11 is 0. The van der Waals surface area contributed by atoms with E-state index in [2.05, 4.69) is 15.2 Å². The fourth-order valence-electron chi connectivity index (χ4n) is 4.45. The van der Waals surface area contributed by atoms with Crippen LogP contribution in [0.3, 0.4) is 0 Å². The van der Waals surface area contributed by atoms with Gasteiger partial charge in [0.05, 0.1) is 12.2 Å². The molecule has 2 fully saturated rings. The molecule has 1 aromatic rings. The first-order chi connectivity index (χ1) is 14.4. The molecule has 3 rings (SSSR count). The molecule has 166 valence electrons. The van der Waals surface area contributed by atoms with Gasteiger partial charge in [0.25, 0.3) is 5.91 Å². The average molecular weight is 419 g/mol. The topological polar surface area (TPSA) is 95.0 Å². The maximum absolute atomic E-state index is 13.1. The number of hydrogen-bond donors (Lipinski definition) is 2. The first-order valence-electron chi connectivity index (χ1n) is 11.0. The van der Waals surface area contributed by atoms with Crippen LogP contribution >= 0.6 is 0 Å². The van der Waals surface area contributed by atoms with Crippen LogP contribution in [0.5, 0.6) is 5.88 Å². The molecule has 0 aliphatic carbocycles. The summed E-state index contributed by atoms with van der Waals surface area (Å²) in [4.78, 5) is 32.6. The molecule has 8 nitrogen and oxygen atoms in total. The highest BCUT2D eigenvalue weighted by atomic mass is 16.5. The van der Waals surface area contributed by atoms with Crippen LogP contribution in [-0.4, -0.2) is 82.7 Å². The number of ether oxygens (including phenoxy) is 1. The van der Waals surface area contributed by atoms with Crippen molar-refractivity contribution in [2.24, 2.45) is 0 Å². The lowest BCUT2D eigenvalue weighted by molar-refractivity contribution is -0.120. The molecule has 0 spiro atoms. The van der Waals surface area contributed by atoms with Crippen molar-refractivity contribution in [3.8, 4) is 5.88 Å². The van der Waals surface area contributed by atoms with E-state index in [0.717, 1.165) is 32.4 Å². The van der Waals surface area contributed by atoms with Gasteiger partial charge in [-0.25, -0.2) is 4.98 Å². The predicted octanol–water partition coefficient (Wildman–Crippen LogP) is 1.44. The van der Waals surface area contributed by atoms with E-state index in [1.807, 2.05) is 6.92 Å². The predicted molar refractivity (Wildman–Crippen MR) is 113 cm³/mol. The van der Waals surface area contributed by atoms with Gasteiger partial charge < -0.3 is 25.0 Å². The lowest BCUT2D eigenvalue weighted by atomic mass is 9.93. The highest BCUT2D eigenvalue weighted by Gasteiger charge is 2.35. The molecule has 2 aliphatic heterocycles. The number of carbonyl (C=O) groups is 2. The Hall–Kier alpha value is -2.19. The van der Waals surface area contributed by atoms with Crippen LogP contribution in [0.15, 0.2) is 18.3 Å². The van der Waals surface area contributed by atoms with E-state index < -0.39 is 5.60 Å². The zero-order valence-corrected chi connectivity index (χ0v) is 18.1. The van der Waals surface area contributed by atoms with E-state index in [1.165, 1.54) is 0 Å². The molecule has 0 bridgehead atoms. The molecule has 0 radical (unpaired) electrons. The van der Waals surface area contributed by atoms with Crippen LogP contribution in [-0.2, 0) is 4.79 Å². The largest absolute Gasteiger partial charge is 0.477 e. The lowest BCUT2D eigenvalue weighted by Crippen LogP contribution is -2.50. The molecule has 1 aromatic heterocycles. The number of hydrogen-bond acceptors (Lipinski definition) is 6. The Morgan fingerprint density at radius 2 is 2.03 bits per heavy atom. The fraction of sp³-hybridized carbons (Fsp3) is 0.682. The number of amides is 2. The second kappa shape index (κ2) is 10.2. The second-order valence-electron chi connectivity index (χ2n) is 8.41. The molecular weight excluding hydrogens is 384 g/mol. The average Bonchev–Trinajstić information content (AvgIpc) is 2.91. The Balaban J connectivity index is 1.55. The molecule has 30 heavy (non-hydrogen) atoms. The Kier molecular flexibility index (Phi) is 7.66. The first kappa shape index (κ1) is 22.5. The van der Waals surface area contributed by atoms with Gasteiger partial charge in [0, 0.05) is 51.9 Å². The minimum Gasteiger partial charge on any atom is -0.477 e. The summed E-state index contributed by atoms with van der Waals surface area (Å²) in [5.74, 6) is 0.292. The van der Waals surface area contributed by atoms with Crippen LogP contribution in [0.25, 0.3) is 0 Å². The third-order valence-corrected chi connectivity index (χ3v) is 6.00. The number of piperidine rings is 1. The molecular formula is C22H34N4O4. The Morgan fingerprint density at radius 1 is 1.27 bits per heavy atom. The standard InChI is InChI=1S/C22H34N4O4/c1-3-30-20-19(6-4-11-23-20)21(28)26-12-5-9-22(29,10-15-26)16-25-13-7-18(8-14-25)24-17(2)27/h4,6,11,18,29H,3,5,7-10,12-16H2,1-2H3,(H,24,27). The quantitative estimate of drug-likeness (QED) is 0.726. The summed E-state index contributed by atoms with van der Waals surface area (Å²) in [6.07, 6.45) is 5.41. The molecule has 2 N–H and O–H groups in total. The van der Waals surface area contributed by atoms with Crippen LogP contribution < -0.4 is 10.1 Å². The maximum atomic E-state index is 13.1. The molecule has 0 aromatic carbocycles. The molecule has 0 saturated carbocycles. The Labute approximate surface area is 178 Å². The summed E-state index contributed by atoms with van der Waals surface area (Å²) in [5.41, 5.74) is -0.321. The van der Waals surface area contributed by atoms with Gasteiger partial charge in [0.15, 0.2) is 0 Å². The number of nitrogens with zero attached hydrogens (tertiary/aromatic N) is 3.